The van der Waals surface area contributed by atoms with Gasteiger partial charge in [-0.3, -0.25) is 20.0 Å². The van der Waals surface area contributed by atoms with E-state index in [4.69, 9.17) is 0 Å². The van der Waals surface area contributed by atoms with Gasteiger partial charge in [0.15, 0.2) is 5.69 Å². The number of hydrogen-bond donors (Lipinski definition) is 2. The molecule has 7 heteroatoms. The van der Waals surface area contributed by atoms with Gasteiger partial charge in [-0.1, -0.05) is 28.1 Å². The molecule has 0 aliphatic heterocycles. The summed E-state index contributed by atoms with van der Waals surface area (Å²) in [7, 11) is 0. The Morgan fingerprint density at radius 1 is 0.952 bits per heavy atom. The minimum absolute atomic E-state index is 0.245. The highest BCUT2D eigenvalue weighted by Crippen LogP contribution is 2.27. The summed E-state index contributed by atoms with van der Waals surface area (Å²) in [5.74, 6) is 0. The largest absolute Gasteiger partial charge is 0.295 e. The van der Waals surface area contributed by atoms with Gasteiger partial charge in [0.2, 0.25) is 0 Å². The normalized spacial score (nSPS) is 11.1. The molecule has 0 atom stereocenters. The van der Waals surface area contributed by atoms with E-state index in [1.54, 1.807) is 24.5 Å². The van der Waals surface area contributed by atoms with Crippen LogP contribution in [0.1, 0.15) is 0 Å². The number of azo groups is 1. The lowest BCUT2D eigenvalue weighted by molar-refractivity contribution is 1.06. The van der Waals surface area contributed by atoms with Crippen LogP contribution in [0.2, 0.25) is 0 Å². The van der Waals surface area contributed by atoms with Crippen molar-refractivity contribution in [2.75, 3.05) is 0 Å². The third kappa shape index (κ3) is 2.97. The molecule has 6 nitrogen and oxygen atoms in total. The van der Waals surface area contributed by atoms with E-state index in [0.29, 0.717) is 11.4 Å². The minimum Gasteiger partial charge on any atom is -0.295 e. The highest BCUT2D eigenvalue weighted by atomic mass is 79.9. The molecule has 0 saturated carbocycles. The second kappa shape index (κ2) is 5.84. The van der Waals surface area contributed by atoms with Crippen molar-refractivity contribution in [1.82, 2.24) is 15.2 Å². The lowest BCUT2D eigenvalue weighted by Gasteiger charge is -1.98. The summed E-state index contributed by atoms with van der Waals surface area (Å²) in [6.45, 7) is 0. The summed E-state index contributed by atoms with van der Waals surface area (Å²) < 4.78 is 0.962. The number of nitrogens with zero attached hydrogens (tertiary/aromatic N) is 3. The Balaban J connectivity index is 2.00. The van der Waals surface area contributed by atoms with Crippen molar-refractivity contribution in [1.29, 1.82) is 0 Å². The molecule has 0 unspecified atom stereocenters. The Kier molecular flexibility index (Phi) is 3.74. The number of pyridine rings is 1. The van der Waals surface area contributed by atoms with E-state index in [1.165, 1.54) is 0 Å². The van der Waals surface area contributed by atoms with E-state index in [1.807, 2.05) is 24.3 Å². The Hall–Kier alpha value is -2.54. The van der Waals surface area contributed by atoms with E-state index in [2.05, 4.69) is 41.3 Å². The van der Waals surface area contributed by atoms with Crippen LogP contribution in [0.25, 0.3) is 11.3 Å². The van der Waals surface area contributed by atoms with Crippen molar-refractivity contribution >= 4 is 27.3 Å². The van der Waals surface area contributed by atoms with E-state index < -0.39 is 0 Å². The van der Waals surface area contributed by atoms with Crippen LogP contribution >= 0.6 is 15.9 Å². The molecular weight excluding hydrogens is 334 g/mol. The van der Waals surface area contributed by atoms with Gasteiger partial charge in [0.05, 0.1) is 11.4 Å². The number of aromatic nitrogens is 3. The number of hydrogen-bond acceptors (Lipinski definition) is 4. The predicted octanol–water partition coefficient (Wildman–Crippen LogP) is 3.94. The molecule has 0 spiro atoms. The standard InChI is InChI=1S/C14H10BrN5O/c15-10-3-1-9(2-4-10)12-13(14(21)20-18-12)19-17-11-5-7-16-8-6-11/h1-8H,(H2,18,20,21). The number of halogens is 1. The molecule has 0 aliphatic carbocycles. The van der Waals surface area contributed by atoms with Crippen molar-refractivity contribution in [2.24, 2.45) is 10.2 Å². The molecule has 0 fully saturated rings. The minimum atomic E-state index is -0.314. The van der Waals surface area contributed by atoms with Crippen LogP contribution in [0.3, 0.4) is 0 Å². The molecule has 3 rings (SSSR count). The van der Waals surface area contributed by atoms with Gasteiger partial charge in [-0.2, -0.15) is 5.11 Å². The SMILES string of the molecule is O=c1[nH][nH]c(-c2ccc(Br)cc2)c1N=Nc1ccncc1. The summed E-state index contributed by atoms with van der Waals surface area (Å²) in [5, 5.41) is 13.4. The van der Waals surface area contributed by atoms with Gasteiger partial charge in [-0.05, 0) is 24.3 Å². The van der Waals surface area contributed by atoms with Crippen molar-refractivity contribution < 1.29 is 0 Å². The van der Waals surface area contributed by atoms with Crippen molar-refractivity contribution in [2.45, 2.75) is 0 Å². The van der Waals surface area contributed by atoms with Crippen LogP contribution in [-0.4, -0.2) is 15.2 Å². The average molecular weight is 344 g/mol. The molecule has 0 aliphatic rings. The monoisotopic (exact) mass is 343 g/mol. The lowest BCUT2D eigenvalue weighted by Crippen LogP contribution is -1.96. The van der Waals surface area contributed by atoms with E-state index in [9.17, 15) is 4.79 Å². The van der Waals surface area contributed by atoms with Gasteiger partial charge >= 0.3 is 0 Å². The fourth-order valence-corrected chi connectivity index (χ4v) is 2.05. The fourth-order valence-electron chi connectivity index (χ4n) is 1.79. The fraction of sp³-hybridized carbons (Fsp3) is 0. The van der Waals surface area contributed by atoms with Crippen LogP contribution < -0.4 is 5.56 Å². The number of aromatic amines is 2. The van der Waals surface area contributed by atoms with Crippen molar-refractivity contribution in [3.63, 3.8) is 0 Å². The van der Waals surface area contributed by atoms with E-state index >= 15 is 0 Å². The highest BCUT2D eigenvalue weighted by Gasteiger charge is 2.11. The molecule has 0 amide bonds. The third-order valence-corrected chi connectivity index (χ3v) is 3.34. The van der Waals surface area contributed by atoms with Gasteiger partial charge in [0.25, 0.3) is 5.56 Å². The van der Waals surface area contributed by atoms with Crippen LogP contribution in [0, 0.1) is 0 Å². The zero-order chi connectivity index (χ0) is 14.7. The first-order valence-corrected chi connectivity index (χ1v) is 6.92. The first-order valence-electron chi connectivity index (χ1n) is 6.12. The molecular formula is C14H10BrN5O. The molecule has 2 aromatic heterocycles. The maximum Gasteiger partial charge on any atom is 0.292 e. The maximum absolute atomic E-state index is 11.8. The molecule has 0 radical (unpaired) electrons. The Morgan fingerprint density at radius 3 is 2.38 bits per heavy atom. The van der Waals surface area contributed by atoms with E-state index in [-0.39, 0.29) is 11.2 Å². The highest BCUT2D eigenvalue weighted by molar-refractivity contribution is 9.10. The molecule has 21 heavy (non-hydrogen) atoms. The molecule has 104 valence electrons. The Bertz CT molecular complexity index is 821. The summed E-state index contributed by atoms with van der Waals surface area (Å²) in [4.78, 5) is 15.7. The summed E-state index contributed by atoms with van der Waals surface area (Å²) in [6, 6.07) is 11.0. The smallest absolute Gasteiger partial charge is 0.292 e. The second-order valence-electron chi connectivity index (χ2n) is 4.22. The quantitative estimate of drug-likeness (QED) is 0.705. The zero-order valence-corrected chi connectivity index (χ0v) is 12.3. The number of benzene rings is 1. The predicted molar refractivity (Wildman–Crippen MR) is 83.0 cm³/mol. The van der Waals surface area contributed by atoms with Crippen LogP contribution in [0.4, 0.5) is 11.4 Å². The van der Waals surface area contributed by atoms with E-state index in [0.717, 1.165) is 10.0 Å². The average Bonchev–Trinajstić information content (AvgIpc) is 2.88. The Labute approximate surface area is 128 Å². The summed E-state index contributed by atoms with van der Waals surface area (Å²) in [5.41, 5.74) is 2.01. The van der Waals surface area contributed by atoms with Crippen LogP contribution in [-0.2, 0) is 0 Å². The molecule has 3 aromatic rings. The topological polar surface area (TPSA) is 86.3 Å². The van der Waals surface area contributed by atoms with Crippen LogP contribution in [0.15, 0.2) is 68.3 Å². The molecule has 0 saturated heterocycles. The lowest BCUT2D eigenvalue weighted by atomic mass is 10.1. The third-order valence-electron chi connectivity index (χ3n) is 2.81. The summed E-state index contributed by atoms with van der Waals surface area (Å²) in [6.07, 6.45) is 3.23. The first kappa shape index (κ1) is 13.4. The van der Waals surface area contributed by atoms with Crippen molar-refractivity contribution in [3.05, 3.63) is 63.6 Å². The Morgan fingerprint density at radius 2 is 1.67 bits per heavy atom. The molecule has 1 aromatic carbocycles. The van der Waals surface area contributed by atoms with Crippen molar-refractivity contribution in [3.8, 4) is 11.3 Å². The second-order valence-corrected chi connectivity index (χ2v) is 5.13. The molecule has 2 N–H and O–H groups in total. The zero-order valence-electron chi connectivity index (χ0n) is 10.7. The maximum atomic E-state index is 11.8. The van der Waals surface area contributed by atoms with Gasteiger partial charge in [-0.15, -0.1) is 5.11 Å². The first-order chi connectivity index (χ1) is 10.2. The molecule has 2 heterocycles. The number of nitrogens with one attached hydrogen (secondary N) is 2. The van der Waals surface area contributed by atoms with Gasteiger partial charge < -0.3 is 0 Å². The van der Waals surface area contributed by atoms with Gasteiger partial charge in [0.1, 0.15) is 0 Å². The van der Waals surface area contributed by atoms with Crippen LogP contribution in [0.5, 0.6) is 0 Å². The molecule has 0 bridgehead atoms. The number of rotatable bonds is 3. The van der Waals surface area contributed by atoms with Gasteiger partial charge in [0, 0.05) is 22.4 Å². The summed E-state index contributed by atoms with van der Waals surface area (Å²) >= 11 is 3.38. The number of H-pyrrole nitrogens is 2. The van der Waals surface area contributed by atoms with Gasteiger partial charge in [-0.25, -0.2) is 0 Å².